The van der Waals surface area contributed by atoms with Crippen LogP contribution in [0.3, 0.4) is 0 Å². The molecule has 0 fully saturated rings. The summed E-state index contributed by atoms with van der Waals surface area (Å²) in [6.07, 6.45) is 0.357. The van der Waals surface area contributed by atoms with E-state index in [4.69, 9.17) is 9.47 Å². The van der Waals surface area contributed by atoms with Gasteiger partial charge in [0, 0.05) is 6.42 Å². The first-order chi connectivity index (χ1) is 12.8. The van der Waals surface area contributed by atoms with Crippen molar-refractivity contribution in [2.45, 2.75) is 24.3 Å². The molecule has 1 atom stereocenters. The van der Waals surface area contributed by atoms with E-state index in [9.17, 15) is 22.0 Å². The monoisotopic (exact) mass is 399 g/mol. The smallest absolute Gasteiger partial charge is 0.323 e. The van der Waals surface area contributed by atoms with Crippen molar-refractivity contribution in [3.63, 3.8) is 0 Å². The van der Waals surface area contributed by atoms with Crippen molar-refractivity contribution >= 4 is 16.0 Å². The van der Waals surface area contributed by atoms with E-state index < -0.39 is 32.7 Å². The van der Waals surface area contributed by atoms with Crippen LogP contribution in [0.4, 0.5) is 8.78 Å². The van der Waals surface area contributed by atoms with Crippen LogP contribution in [0.15, 0.2) is 53.4 Å². The quantitative estimate of drug-likeness (QED) is 0.518. The summed E-state index contributed by atoms with van der Waals surface area (Å²) >= 11 is 0. The van der Waals surface area contributed by atoms with Gasteiger partial charge in [-0.25, -0.2) is 17.2 Å². The van der Waals surface area contributed by atoms with Crippen LogP contribution in [0.25, 0.3) is 0 Å². The maximum absolute atomic E-state index is 13.6. The van der Waals surface area contributed by atoms with Crippen molar-refractivity contribution in [1.29, 1.82) is 0 Å². The van der Waals surface area contributed by atoms with Crippen LogP contribution >= 0.6 is 0 Å². The molecule has 27 heavy (non-hydrogen) atoms. The van der Waals surface area contributed by atoms with Gasteiger partial charge in [-0.05, 0) is 43.3 Å². The molecule has 0 aliphatic carbocycles. The molecule has 0 aromatic heterocycles. The Morgan fingerprint density at radius 3 is 2.41 bits per heavy atom. The van der Waals surface area contributed by atoms with E-state index in [1.165, 1.54) is 43.3 Å². The Balaban J connectivity index is 1.75. The molecule has 0 aliphatic rings. The second-order valence-corrected chi connectivity index (χ2v) is 7.28. The Morgan fingerprint density at radius 2 is 1.74 bits per heavy atom. The highest BCUT2D eigenvalue weighted by molar-refractivity contribution is 7.89. The number of benzene rings is 2. The number of hydrogen-bond donors (Lipinski definition) is 1. The number of sulfonamides is 1. The van der Waals surface area contributed by atoms with E-state index >= 15 is 0 Å². The van der Waals surface area contributed by atoms with Crippen LogP contribution in [0.5, 0.6) is 5.75 Å². The molecule has 6 nitrogen and oxygen atoms in total. The minimum Gasteiger partial charge on any atom is -0.493 e. The predicted molar refractivity (Wildman–Crippen MR) is 93.7 cm³/mol. The highest BCUT2D eigenvalue weighted by Gasteiger charge is 2.25. The lowest BCUT2D eigenvalue weighted by Crippen LogP contribution is -2.40. The Labute approximate surface area is 156 Å². The zero-order chi connectivity index (χ0) is 19.9. The third kappa shape index (κ3) is 6.30. The van der Waals surface area contributed by atoms with Crippen molar-refractivity contribution in [3.05, 3.63) is 60.2 Å². The molecule has 2 rings (SSSR count). The molecular weight excluding hydrogens is 380 g/mol. The molecule has 9 heteroatoms. The zero-order valence-corrected chi connectivity index (χ0v) is 15.3. The first-order valence-corrected chi connectivity index (χ1v) is 9.60. The number of esters is 1. The van der Waals surface area contributed by atoms with Crippen LogP contribution in [0, 0.1) is 11.6 Å². The van der Waals surface area contributed by atoms with Crippen molar-refractivity contribution in [1.82, 2.24) is 4.72 Å². The van der Waals surface area contributed by atoms with Crippen molar-refractivity contribution in [2.75, 3.05) is 13.2 Å². The molecule has 0 saturated heterocycles. The molecule has 2 aromatic rings. The average Bonchev–Trinajstić information content (AvgIpc) is 2.62. The summed E-state index contributed by atoms with van der Waals surface area (Å²) in [7, 11) is -4.19. The summed E-state index contributed by atoms with van der Waals surface area (Å²) in [6.45, 7) is 1.54. The number of rotatable bonds is 9. The van der Waals surface area contributed by atoms with Gasteiger partial charge in [0.25, 0.3) is 0 Å². The number of halogens is 2. The zero-order valence-electron chi connectivity index (χ0n) is 14.5. The number of carbonyl (C=O) groups is 1. The van der Waals surface area contributed by atoms with Crippen LogP contribution in [-0.4, -0.2) is 33.6 Å². The summed E-state index contributed by atoms with van der Waals surface area (Å²) in [5.41, 5.74) is 0. The summed E-state index contributed by atoms with van der Waals surface area (Å²) in [5, 5.41) is 0. The summed E-state index contributed by atoms with van der Waals surface area (Å²) in [4.78, 5) is 11.3. The summed E-state index contributed by atoms with van der Waals surface area (Å²) in [6, 6.07) is 9.13. The normalized spacial score (nSPS) is 12.4. The van der Waals surface area contributed by atoms with Gasteiger partial charge in [-0.3, -0.25) is 4.79 Å². The van der Waals surface area contributed by atoms with Gasteiger partial charge in [-0.1, -0.05) is 12.1 Å². The molecule has 2 aromatic carbocycles. The van der Waals surface area contributed by atoms with Crippen molar-refractivity contribution in [2.24, 2.45) is 0 Å². The van der Waals surface area contributed by atoms with E-state index in [1.807, 2.05) is 0 Å². The van der Waals surface area contributed by atoms with Gasteiger partial charge in [0.2, 0.25) is 10.0 Å². The second-order valence-electron chi connectivity index (χ2n) is 5.60. The number of carbonyl (C=O) groups excluding carboxylic acids is 1. The summed E-state index contributed by atoms with van der Waals surface area (Å²) in [5.74, 6) is -1.60. The third-order valence-corrected chi connectivity index (χ3v) is 5.00. The second kappa shape index (κ2) is 9.43. The molecule has 0 spiro atoms. The van der Waals surface area contributed by atoms with E-state index in [0.717, 1.165) is 12.1 Å². The standard InChI is InChI=1S/C18H19F2NO5S/c1-13(21-27(23,24)17-6-3-2-5-16(17)20)18(22)26-12-4-11-25-15-9-7-14(19)8-10-15/h2-3,5-10,13,21H,4,11-12H2,1H3. The molecule has 0 bridgehead atoms. The van der Waals surface area contributed by atoms with Crippen molar-refractivity contribution in [3.8, 4) is 5.75 Å². The van der Waals surface area contributed by atoms with Crippen LogP contribution in [-0.2, 0) is 19.6 Å². The first-order valence-electron chi connectivity index (χ1n) is 8.11. The lowest BCUT2D eigenvalue weighted by molar-refractivity contribution is -0.145. The molecule has 0 radical (unpaired) electrons. The fourth-order valence-electron chi connectivity index (χ4n) is 2.08. The molecular formula is C18H19F2NO5S. The fraction of sp³-hybridized carbons (Fsp3) is 0.278. The van der Waals surface area contributed by atoms with Gasteiger partial charge in [0.15, 0.2) is 0 Å². The molecule has 146 valence electrons. The van der Waals surface area contributed by atoms with E-state index in [-0.39, 0.29) is 19.0 Å². The van der Waals surface area contributed by atoms with E-state index in [1.54, 1.807) is 0 Å². The molecule has 0 aliphatic heterocycles. The molecule has 1 unspecified atom stereocenters. The molecule has 0 saturated carbocycles. The lowest BCUT2D eigenvalue weighted by Gasteiger charge is -2.14. The minimum absolute atomic E-state index is 0.00575. The maximum Gasteiger partial charge on any atom is 0.323 e. The van der Waals surface area contributed by atoms with Gasteiger partial charge in [-0.2, -0.15) is 4.72 Å². The highest BCUT2D eigenvalue weighted by atomic mass is 32.2. The van der Waals surface area contributed by atoms with Gasteiger partial charge in [0.05, 0.1) is 13.2 Å². The lowest BCUT2D eigenvalue weighted by atomic mass is 10.3. The minimum atomic E-state index is -4.19. The van der Waals surface area contributed by atoms with Gasteiger partial charge in [-0.15, -0.1) is 0 Å². The van der Waals surface area contributed by atoms with Gasteiger partial charge < -0.3 is 9.47 Å². The molecule has 0 heterocycles. The topological polar surface area (TPSA) is 81.7 Å². The largest absolute Gasteiger partial charge is 0.493 e. The highest BCUT2D eigenvalue weighted by Crippen LogP contribution is 2.14. The SMILES string of the molecule is CC(NS(=O)(=O)c1ccccc1F)C(=O)OCCCOc1ccc(F)cc1. The Bertz CT molecular complexity index is 872. The summed E-state index contributed by atoms with van der Waals surface area (Å²) < 4.78 is 63.0. The van der Waals surface area contributed by atoms with Crippen molar-refractivity contribution < 1.29 is 31.5 Å². The Hall–Kier alpha value is -2.52. The Morgan fingerprint density at radius 1 is 1.07 bits per heavy atom. The van der Waals surface area contributed by atoms with Gasteiger partial charge in [0.1, 0.15) is 28.3 Å². The first kappa shape index (κ1) is 20.8. The fourth-order valence-corrected chi connectivity index (χ4v) is 3.36. The van der Waals surface area contributed by atoms with Crippen LogP contribution in [0.1, 0.15) is 13.3 Å². The third-order valence-electron chi connectivity index (χ3n) is 3.43. The Kier molecular flexibility index (Phi) is 7.26. The number of hydrogen-bond acceptors (Lipinski definition) is 5. The van der Waals surface area contributed by atoms with Gasteiger partial charge >= 0.3 is 5.97 Å². The van der Waals surface area contributed by atoms with Crippen LogP contribution in [0.2, 0.25) is 0 Å². The van der Waals surface area contributed by atoms with E-state index in [0.29, 0.717) is 12.2 Å². The predicted octanol–water partition coefficient (Wildman–Crippen LogP) is 2.64. The average molecular weight is 399 g/mol. The number of nitrogens with one attached hydrogen (secondary N) is 1. The maximum atomic E-state index is 13.6. The molecule has 0 amide bonds. The van der Waals surface area contributed by atoms with Crippen LogP contribution < -0.4 is 9.46 Å². The number of ether oxygens (including phenoxy) is 2. The van der Waals surface area contributed by atoms with E-state index in [2.05, 4.69) is 4.72 Å². The molecule has 1 N–H and O–H groups in total.